The van der Waals surface area contributed by atoms with Crippen LogP contribution in [0.1, 0.15) is 76.1 Å². The van der Waals surface area contributed by atoms with Crippen molar-refractivity contribution >= 4 is 64.4 Å². The Morgan fingerprint density at radius 3 is 2.26 bits per heavy atom. The van der Waals surface area contributed by atoms with E-state index in [1.165, 1.54) is 18.2 Å². The molecule has 0 radical (unpaired) electrons. The van der Waals surface area contributed by atoms with Crippen LogP contribution in [0.3, 0.4) is 0 Å². The number of amides is 2. The maximum atomic E-state index is 13.6. The van der Waals surface area contributed by atoms with E-state index in [1.807, 2.05) is 6.92 Å². The Kier molecular flexibility index (Phi) is 13.4. The van der Waals surface area contributed by atoms with Gasteiger partial charge in [-0.15, -0.1) is 0 Å². The van der Waals surface area contributed by atoms with E-state index in [2.05, 4.69) is 15.8 Å². The van der Waals surface area contributed by atoms with Gasteiger partial charge in [-0.1, -0.05) is 61.6 Å². The van der Waals surface area contributed by atoms with Crippen molar-refractivity contribution in [2.24, 2.45) is 11.1 Å². The molecule has 2 rings (SSSR count). The van der Waals surface area contributed by atoms with E-state index >= 15 is 0 Å². The minimum absolute atomic E-state index is 0.00910. The molecular weight excluding hydrogens is 609 g/mol. The van der Waals surface area contributed by atoms with Gasteiger partial charge < -0.3 is 30.4 Å². The average molecular weight is 645 g/mol. The molecule has 0 aliphatic carbocycles. The molecule has 3 atom stereocenters. The van der Waals surface area contributed by atoms with Crippen molar-refractivity contribution in [1.82, 2.24) is 10.6 Å². The Morgan fingerprint density at radius 2 is 1.70 bits per heavy atom. The molecule has 43 heavy (non-hydrogen) atoms. The Labute approximate surface area is 258 Å². The fourth-order valence-electron chi connectivity index (χ4n) is 4.31. The summed E-state index contributed by atoms with van der Waals surface area (Å²) in [6.07, 6.45) is -0.140. The molecule has 0 saturated heterocycles. The maximum Gasteiger partial charge on any atom is 0.341 e. The molecule has 15 heteroatoms. The number of carboxylic acid groups (broad SMARTS) is 2. The number of nitrogens with zero attached hydrogens (tertiary/aromatic N) is 1. The quantitative estimate of drug-likeness (QED) is 0.182. The number of carbonyl (C=O) groups is 6. The molecule has 0 fully saturated rings. The van der Waals surface area contributed by atoms with E-state index in [9.17, 15) is 33.9 Å². The predicted molar refractivity (Wildman–Crippen MR) is 155 cm³/mol. The first-order valence-corrected chi connectivity index (χ1v) is 14.4. The Balaban J connectivity index is 2.19. The number of benzene rings is 1. The predicted octanol–water partition coefficient (Wildman–Crippen LogP) is 3.39. The van der Waals surface area contributed by atoms with Crippen molar-refractivity contribution in [3.05, 3.63) is 33.8 Å². The minimum atomic E-state index is -1.61. The number of carboxylic acids is 2. The smallest absolute Gasteiger partial charge is 0.341 e. The first-order valence-electron chi connectivity index (χ1n) is 13.6. The largest absolute Gasteiger partial charge is 0.481 e. The van der Waals surface area contributed by atoms with Crippen LogP contribution in [0.25, 0.3) is 0 Å². The van der Waals surface area contributed by atoms with Crippen LogP contribution in [0.4, 0.5) is 0 Å². The fourth-order valence-corrected chi connectivity index (χ4v) is 4.87. The van der Waals surface area contributed by atoms with Crippen LogP contribution in [0.5, 0.6) is 0 Å². The molecule has 1 aromatic carbocycles. The van der Waals surface area contributed by atoms with Crippen LogP contribution >= 0.6 is 23.2 Å². The molecular formula is C28H35Cl2N3O10. The van der Waals surface area contributed by atoms with Gasteiger partial charge in [0.2, 0.25) is 11.5 Å². The summed E-state index contributed by atoms with van der Waals surface area (Å²) >= 11 is 12.0. The highest BCUT2D eigenvalue weighted by molar-refractivity contribution is 6.39. The molecule has 1 heterocycles. The number of oxime groups is 1. The number of unbranched alkanes of at least 4 members (excludes halogenated alkanes) is 1. The zero-order chi connectivity index (χ0) is 32.3. The number of hydrogen-bond acceptors (Lipinski definition) is 9. The number of nitrogens with one attached hydrogen (secondary N) is 2. The molecule has 2 amide bonds. The number of ether oxygens (including phenoxy) is 1. The lowest BCUT2D eigenvalue weighted by atomic mass is 9.85. The van der Waals surface area contributed by atoms with Gasteiger partial charge in [0.05, 0.1) is 40.2 Å². The van der Waals surface area contributed by atoms with Crippen LogP contribution in [0.15, 0.2) is 23.4 Å². The summed E-state index contributed by atoms with van der Waals surface area (Å²) in [4.78, 5) is 79.5. The molecule has 4 N–H and O–H groups in total. The summed E-state index contributed by atoms with van der Waals surface area (Å²) in [5.41, 5.74) is -1.45. The number of rotatable bonds is 17. The van der Waals surface area contributed by atoms with E-state index < -0.39 is 66.2 Å². The first-order chi connectivity index (χ1) is 20.2. The maximum absolute atomic E-state index is 13.6. The van der Waals surface area contributed by atoms with E-state index in [4.69, 9.17) is 37.9 Å². The minimum Gasteiger partial charge on any atom is -0.481 e. The van der Waals surface area contributed by atoms with Gasteiger partial charge in [0.25, 0.3) is 5.91 Å². The summed E-state index contributed by atoms with van der Waals surface area (Å²) < 4.78 is 5.03. The second-order valence-electron chi connectivity index (χ2n) is 10.4. The molecule has 2 unspecified atom stereocenters. The van der Waals surface area contributed by atoms with Crippen LogP contribution in [-0.4, -0.2) is 75.7 Å². The topological polar surface area (TPSA) is 198 Å². The van der Waals surface area contributed by atoms with Gasteiger partial charge in [-0.3, -0.25) is 24.0 Å². The number of ketones is 1. The highest BCUT2D eigenvalue weighted by atomic mass is 35.5. The van der Waals surface area contributed by atoms with E-state index in [0.717, 1.165) is 0 Å². The third-order valence-corrected chi connectivity index (χ3v) is 7.28. The Hall–Kier alpha value is -3.71. The molecule has 0 spiro atoms. The lowest BCUT2D eigenvalue weighted by Gasteiger charge is -2.28. The molecule has 0 aromatic heterocycles. The third-order valence-electron chi connectivity index (χ3n) is 6.65. The molecule has 13 nitrogen and oxygen atoms in total. The number of esters is 1. The second kappa shape index (κ2) is 16.2. The van der Waals surface area contributed by atoms with Crippen molar-refractivity contribution in [3.63, 3.8) is 0 Å². The van der Waals surface area contributed by atoms with Gasteiger partial charge in [-0.05, 0) is 30.9 Å². The average Bonchev–Trinajstić information content (AvgIpc) is 3.36. The number of aliphatic carboxylic acids is 2. The standard InChI is InChI=1S/C28H35Cl2N3O10/c1-4-5-11-28(13-19(33-43-28)25(15(2)3)32-21(35)9-10-22(36)37)27(41)31-18(12-23(38)39)20(34)14-42-26(40)24-16(29)7-6-8-17(24)30/h6-8,15,18,25H,4-5,9-14H2,1-3H3,(H,31,41)(H,32,35)(H,36,37)(H,38,39)/t18-,25?,28?/m0/s1. The van der Waals surface area contributed by atoms with Crippen LogP contribution in [-0.2, 0) is 33.5 Å². The first kappa shape index (κ1) is 35.5. The van der Waals surface area contributed by atoms with Gasteiger partial charge in [-0.2, -0.15) is 0 Å². The van der Waals surface area contributed by atoms with E-state index in [-0.39, 0.29) is 47.2 Å². The zero-order valence-corrected chi connectivity index (χ0v) is 25.5. The normalized spacial score (nSPS) is 17.3. The van der Waals surface area contributed by atoms with Gasteiger partial charge >= 0.3 is 17.9 Å². The molecule has 0 saturated carbocycles. The number of hydrogen-bond donors (Lipinski definition) is 4. The molecule has 1 aliphatic heterocycles. The Bertz CT molecular complexity index is 1250. The van der Waals surface area contributed by atoms with Crippen molar-refractivity contribution < 1.29 is 48.6 Å². The lowest BCUT2D eigenvalue weighted by Crippen LogP contribution is -2.54. The number of Topliss-reactive ketones (excluding diaryl/α,β-unsaturated/α-hetero) is 1. The van der Waals surface area contributed by atoms with E-state index in [1.54, 1.807) is 13.8 Å². The van der Waals surface area contributed by atoms with E-state index in [0.29, 0.717) is 18.6 Å². The number of carbonyl (C=O) groups excluding carboxylic acids is 4. The highest BCUT2D eigenvalue weighted by Crippen LogP contribution is 2.32. The summed E-state index contributed by atoms with van der Waals surface area (Å²) in [5, 5.41) is 27.5. The van der Waals surface area contributed by atoms with Crippen molar-refractivity contribution in [3.8, 4) is 0 Å². The summed E-state index contributed by atoms with van der Waals surface area (Å²) in [5.74, 6) is -5.95. The Morgan fingerprint density at radius 1 is 1.05 bits per heavy atom. The van der Waals surface area contributed by atoms with Gasteiger partial charge in [-0.25, -0.2) is 4.79 Å². The SMILES string of the molecule is CCCCC1(C(=O)N[C@@H](CC(=O)O)C(=O)COC(=O)c2c(Cl)cccc2Cl)CC(C(NC(=O)CCC(=O)O)C(C)C)=NO1. The second-order valence-corrected chi connectivity index (χ2v) is 11.2. The van der Waals surface area contributed by atoms with Crippen LogP contribution in [0.2, 0.25) is 10.0 Å². The van der Waals surface area contributed by atoms with Crippen LogP contribution in [0, 0.1) is 5.92 Å². The number of halogens is 2. The van der Waals surface area contributed by atoms with Crippen molar-refractivity contribution in [1.29, 1.82) is 0 Å². The summed E-state index contributed by atoms with van der Waals surface area (Å²) in [6, 6.07) is 2.06. The van der Waals surface area contributed by atoms with Gasteiger partial charge in [0, 0.05) is 12.8 Å². The summed E-state index contributed by atoms with van der Waals surface area (Å²) in [7, 11) is 0. The fraction of sp³-hybridized carbons (Fsp3) is 0.536. The molecule has 1 aliphatic rings. The third kappa shape index (κ3) is 10.2. The molecule has 236 valence electrons. The van der Waals surface area contributed by atoms with Gasteiger partial charge in [0.15, 0.2) is 12.4 Å². The lowest BCUT2D eigenvalue weighted by molar-refractivity contribution is -0.148. The van der Waals surface area contributed by atoms with Gasteiger partial charge in [0.1, 0.15) is 6.04 Å². The molecule has 0 bridgehead atoms. The van der Waals surface area contributed by atoms with Crippen molar-refractivity contribution in [2.75, 3.05) is 6.61 Å². The summed E-state index contributed by atoms with van der Waals surface area (Å²) in [6.45, 7) is 4.62. The molecule has 1 aromatic rings. The monoisotopic (exact) mass is 643 g/mol. The zero-order valence-electron chi connectivity index (χ0n) is 24.0. The highest BCUT2D eigenvalue weighted by Gasteiger charge is 2.49. The van der Waals surface area contributed by atoms with Crippen molar-refractivity contribution in [2.45, 2.75) is 83.4 Å². The van der Waals surface area contributed by atoms with Crippen LogP contribution < -0.4 is 10.6 Å².